The fraction of sp³-hybridized carbons (Fsp3) is 0.333. The van der Waals surface area contributed by atoms with Crippen molar-refractivity contribution in [2.45, 2.75) is 18.1 Å². The first-order chi connectivity index (χ1) is 8.42. The molecule has 1 aromatic carbocycles. The lowest BCUT2D eigenvalue weighted by atomic mass is 9.89. The molecule has 3 N–H and O–H groups in total. The third-order valence-electron chi connectivity index (χ3n) is 2.97. The highest BCUT2D eigenvalue weighted by atomic mass is 35.5. The molecule has 6 heteroatoms. The number of rotatable bonds is 3. The number of hydrogen-bond donors (Lipinski definition) is 2. The quantitative estimate of drug-likeness (QED) is 0.879. The second-order valence-corrected chi connectivity index (χ2v) is 4.69. The van der Waals surface area contributed by atoms with Gasteiger partial charge < -0.3 is 11.1 Å². The highest BCUT2D eigenvalue weighted by molar-refractivity contribution is 6.30. The van der Waals surface area contributed by atoms with E-state index in [4.69, 9.17) is 17.3 Å². The fourth-order valence-electron chi connectivity index (χ4n) is 2.09. The largest absolute Gasteiger partial charge is 0.368 e. The zero-order valence-electron chi connectivity index (χ0n) is 9.42. The summed E-state index contributed by atoms with van der Waals surface area (Å²) in [6, 6.07) is 2.80. The molecule has 3 nitrogen and oxygen atoms in total. The van der Waals surface area contributed by atoms with E-state index in [0.29, 0.717) is 12.1 Å². The van der Waals surface area contributed by atoms with Crippen LogP contribution in [0.15, 0.2) is 18.2 Å². The van der Waals surface area contributed by atoms with Crippen molar-refractivity contribution < 1.29 is 13.6 Å². The highest BCUT2D eigenvalue weighted by Gasteiger charge is 2.46. The summed E-state index contributed by atoms with van der Waals surface area (Å²) in [7, 11) is 0. The maximum atomic E-state index is 14.6. The molecule has 1 aliphatic heterocycles. The molecule has 0 bridgehead atoms. The fourth-order valence-corrected chi connectivity index (χ4v) is 2.28. The topological polar surface area (TPSA) is 55.1 Å². The average Bonchev–Trinajstić information content (AvgIpc) is 2.66. The Hall–Kier alpha value is -1.20. The number of hydrogen-bond acceptors (Lipinski definition) is 2. The van der Waals surface area contributed by atoms with Crippen LogP contribution in [0, 0.1) is 12.2 Å². The molecule has 1 amide bonds. The van der Waals surface area contributed by atoms with E-state index in [9.17, 15) is 13.6 Å². The Morgan fingerprint density at radius 1 is 1.61 bits per heavy atom. The standard InChI is InChI=1S/C12H12ClF2N2O/c13-8-5-7(1-2-9(8)14)6-12(15)3-4-17-10(12)11(16)18/h1-2,5-6,10,17H,3-4H2,(H2,16,18)/t10-,12+/m0/s1. The van der Waals surface area contributed by atoms with E-state index in [0.717, 1.165) is 6.07 Å². The van der Waals surface area contributed by atoms with Gasteiger partial charge in [-0.2, -0.15) is 0 Å². The number of halogens is 3. The van der Waals surface area contributed by atoms with E-state index in [1.165, 1.54) is 18.6 Å². The van der Waals surface area contributed by atoms with Gasteiger partial charge in [-0.25, -0.2) is 8.78 Å². The van der Waals surface area contributed by atoms with Crippen molar-refractivity contribution in [1.29, 1.82) is 0 Å². The number of nitrogens with two attached hydrogens (primary N) is 1. The van der Waals surface area contributed by atoms with Crippen molar-refractivity contribution in [3.63, 3.8) is 0 Å². The first-order valence-corrected chi connectivity index (χ1v) is 5.83. The van der Waals surface area contributed by atoms with Gasteiger partial charge in [0.2, 0.25) is 5.91 Å². The monoisotopic (exact) mass is 273 g/mol. The van der Waals surface area contributed by atoms with Crippen molar-refractivity contribution in [3.05, 3.63) is 41.0 Å². The minimum Gasteiger partial charge on any atom is -0.368 e. The smallest absolute Gasteiger partial charge is 0.237 e. The molecule has 0 aromatic heterocycles. The lowest BCUT2D eigenvalue weighted by Crippen LogP contribution is -2.49. The predicted molar refractivity (Wildman–Crippen MR) is 64.3 cm³/mol. The number of amides is 1. The van der Waals surface area contributed by atoms with Crippen molar-refractivity contribution in [3.8, 4) is 0 Å². The minimum atomic E-state index is -1.87. The van der Waals surface area contributed by atoms with Gasteiger partial charge in [0, 0.05) is 6.42 Å². The number of alkyl halides is 1. The molecule has 0 saturated carbocycles. The normalized spacial score (nSPS) is 27.4. The Labute approximate surface area is 108 Å². The number of benzene rings is 1. The Bertz CT molecular complexity index is 483. The highest BCUT2D eigenvalue weighted by Crippen LogP contribution is 2.32. The summed E-state index contributed by atoms with van der Waals surface area (Å²) in [6.45, 7) is 0.357. The van der Waals surface area contributed by atoms with Crippen LogP contribution in [0.25, 0.3) is 0 Å². The van der Waals surface area contributed by atoms with Crippen molar-refractivity contribution in [2.24, 2.45) is 5.73 Å². The van der Waals surface area contributed by atoms with E-state index >= 15 is 0 Å². The molecule has 1 radical (unpaired) electrons. The van der Waals surface area contributed by atoms with Crippen LogP contribution in [0.4, 0.5) is 8.78 Å². The summed E-state index contributed by atoms with van der Waals surface area (Å²) in [5, 5.41) is 2.62. The van der Waals surface area contributed by atoms with E-state index in [2.05, 4.69) is 5.32 Å². The molecule has 0 spiro atoms. The summed E-state index contributed by atoms with van der Waals surface area (Å²) in [4.78, 5) is 11.1. The zero-order valence-corrected chi connectivity index (χ0v) is 10.2. The van der Waals surface area contributed by atoms with Crippen LogP contribution in [-0.2, 0) is 4.79 Å². The Morgan fingerprint density at radius 2 is 2.33 bits per heavy atom. The van der Waals surface area contributed by atoms with Crippen molar-refractivity contribution in [1.82, 2.24) is 5.32 Å². The molecule has 2 atom stereocenters. The van der Waals surface area contributed by atoms with Gasteiger partial charge in [0.25, 0.3) is 0 Å². The molecule has 1 heterocycles. The second kappa shape index (κ2) is 4.82. The first kappa shape index (κ1) is 13.2. The van der Waals surface area contributed by atoms with Crippen LogP contribution in [-0.4, -0.2) is 24.2 Å². The molecule has 0 aliphatic carbocycles. The van der Waals surface area contributed by atoms with Gasteiger partial charge in [0.05, 0.1) is 5.02 Å². The molecular formula is C12H12ClF2N2O. The van der Waals surface area contributed by atoms with Gasteiger partial charge in [-0.3, -0.25) is 4.79 Å². The van der Waals surface area contributed by atoms with Crippen molar-refractivity contribution in [2.75, 3.05) is 6.54 Å². The lowest BCUT2D eigenvalue weighted by molar-refractivity contribution is -0.121. The molecular weight excluding hydrogens is 262 g/mol. The third kappa shape index (κ3) is 2.47. The van der Waals surface area contributed by atoms with Crippen LogP contribution >= 0.6 is 11.6 Å². The van der Waals surface area contributed by atoms with E-state index in [1.807, 2.05) is 0 Å². The van der Waals surface area contributed by atoms with E-state index in [1.54, 1.807) is 0 Å². The summed E-state index contributed by atoms with van der Waals surface area (Å²) in [6.07, 6.45) is 1.39. The minimum absolute atomic E-state index is 0.0890. The maximum Gasteiger partial charge on any atom is 0.237 e. The Balaban J connectivity index is 2.21. The summed E-state index contributed by atoms with van der Waals surface area (Å²) < 4.78 is 27.6. The molecule has 18 heavy (non-hydrogen) atoms. The number of carbonyl (C=O) groups is 1. The van der Waals surface area contributed by atoms with Crippen molar-refractivity contribution >= 4 is 17.5 Å². The Morgan fingerprint density at radius 3 is 2.94 bits per heavy atom. The first-order valence-electron chi connectivity index (χ1n) is 5.45. The second-order valence-electron chi connectivity index (χ2n) is 4.28. The summed E-state index contributed by atoms with van der Waals surface area (Å²) in [5.41, 5.74) is 3.68. The molecule has 97 valence electrons. The molecule has 2 rings (SSSR count). The maximum absolute atomic E-state index is 14.6. The Kier molecular flexibility index (Phi) is 3.54. The van der Waals surface area contributed by atoms with E-state index in [-0.39, 0.29) is 11.4 Å². The van der Waals surface area contributed by atoms with Gasteiger partial charge in [-0.1, -0.05) is 17.7 Å². The predicted octanol–water partition coefficient (Wildman–Crippen LogP) is 1.59. The SMILES string of the molecule is NC(=O)[C@@H]1NCC[C@@]1(F)[CH]c1ccc(F)c(Cl)c1. The van der Waals surface area contributed by atoms with Crippen LogP contribution in [0.2, 0.25) is 5.02 Å². The van der Waals surface area contributed by atoms with Gasteiger partial charge in [0.15, 0.2) is 0 Å². The van der Waals surface area contributed by atoms with E-state index < -0.39 is 23.4 Å². The van der Waals surface area contributed by atoms with Crippen LogP contribution in [0.1, 0.15) is 12.0 Å². The van der Waals surface area contributed by atoms with Gasteiger partial charge in [0.1, 0.15) is 17.5 Å². The molecule has 1 fully saturated rings. The van der Waals surface area contributed by atoms with Gasteiger partial charge >= 0.3 is 0 Å². The number of nitrogens with one attached hydrogen (secondary N) is 1. The number of primary amides is 1. The van der Waals surface area contributed by atoms with Gasteiger partial charge in [-0.15, -0.1) is 0 Å². The van der Waals surface area contributed by atoms with Crippen LogP contribution < -0.4 is 11.1 Å². The summed E-state index contributed by atoms with van der Waals surface area (Å²) >= 11 is 5.62. The summed E-state index contributed by atoms with van der Waals surface area (Å²) in [5.74, 6) is -1.32. The average molecular weight is 274 g/mol. The molecule has 1 aliphatic rings. The molecule has 1 aromatic rings. The zero-order chi connectivity index (χ0) is 13.3. The molecule has 0 unspecified atom stereocenters. The van der Waals surface area contributed by atoms with Gasteiger partial charge in [-0.05, 0) is 30.7 Å². The lowest BCUT2D eigenvalue weighted by Gasteiger charge is -2.24. The molecule has 1 saturated heterocycles. The number of carbonyl (C=O) groups excluding carboxylic acids is 1. The van der Waals surface area contributed by atoms with Crippen LogP contribution in [0.5, 0.6) is 0 Å². The van der Waals surface area contributed by atoms with Crippen LogP contribution in [0.3, 0.4) is 0 Å². The third-order valence-corrected chi connectivity index (χ3v) is 3.26.